The SMILES string of the molecule is NC(=O)C1CCN(C(=O)Oc2ccccc2-c2ccc(C(F)(F)F)cc2)CC1. The lowest BCUT2D eigenvalue weighted by Gasteiger charge is -2.29. The second-order valence-corrected chi connectivity index (χ2v) is 6.60. The Kier molecular flexibility index (Phi) is 5.58. The van der Waals surface area contributed by atoms with Gasteiger partial charge >= 0.3 is 12.3 Å². The lowest BCUT2D eigenvalue weighted by atomic mass is 9.97. The van der Waals surface area contributed by atoms with Crippen molar-refractivity contribution in [3.63, 3.8) is 0 Å². The number of halogens is 3. The summed E-state index contributed by atoms with van der Waals surface area (Å²) < 4.78 is 43.7. The van der Waals surface area contributed by atoms with Crippen molar-refractivity contribution in [2.75, 3.05) is 13.1 Å². The average Bonchev–Trinajstić information content (AvgIpc) is 2.68. The van der Waals surface area contributed by atoms with Crippen LogP contribution in [0.15, 0.2) is 48.5 Å². The summed E-state index contributed by atoms with van der Waals surface area (Å²) in [5, 5.41) is 0. The molecule has 148 valence electrons. The van der Waals surface area contributed by atoms with Crippen molar-refractivity contribution in [2.24, 2.45) is 11.7 Å². The van der Waals surface area contributed by atoms with Crippen molar-refractivity contribution in [1.82, 2.24) is 4.90 Å². The van der Waals surface area contributed by atoms with Crippen LogP contribution in [-0.2, 0) is 11.0 Å². The fourth-order valence-corrected chi connectivity index (χ4v) is 3.14. The monoisotopic (exact) mass is 392 g/mol. The Labute approximate surface area is 159 Å². The summed E-state index contributed by atoms with van der Waals surface area (Å²) in [6.45, 7) is 0.712. The van der Waals surface area contributed by atoms with E-state index in [0.29, 0.717) is 37.1 Å². The number of alkyl halides is 3. The highest BCUT2D eigenvalue weighted by atomic mass is 19.4. The maximum absolute atomic E-state index is 12.8. The van der Waals surface area contributed by atoms with Gasteiger partial charge in [0, 0.05) is 24.6 Å². The Bertz CT molecular complexity index is 858. The first kappa shape index (κ1) is 19.7. The van der Waals surface area contributed by atoms with E-state index in [1.165, 1.54) is 17.0 Å². The summed E-state index contributed by atoms with van der Waals surface area (Å²) >= 11 is 0. The molecular formula is C20H19F3N2O3. The normalized spacial score (nSPS) is 15.3. The number of nitrogens with zero attached hydrogens (tertiary/aromatic N) is 1. The van der Waals surface area contributed by atoms with Gasteiger partial charge in [-0.2, -0.15) is 13.2 Å². The van der Waals surface area contributed by atoms with Gasteiger partial charge in [0.2, 0.25) is 5.91 Å². The molecule has 5 nitrogen and oxygen atoms in total. The Hall–Kier alpha value is -3.03. The van der Waals surface area contributed by atoms with Gasteiger partial charge in [0.1, 0.15) is 5.75 Å². The standard InChI is InChI=1S/C20H19F3N2O3/c21-20(22,23)15-7-5-13(6-8-15)16-3-1-2-4-17(16)28-19(27)25-11-9-14(10-12-25)18(24)26/h1-8,14H,9-12H2,(H2,24,26). The molecular weight excluding hydrogens is 373 g/mol. The van der Waals surface area contributed by atoms with E-state index in [4.69, 9.17) is 10.5 Å². The third-order valence-electron chi connectivity index (χ3n) is 4.76. The van der Waals surface area contributed by atoms with Crippen LogP contribution in [0.1, 0.15) is 18.4 Å². The van der Waals surface area contributed by atoms with E-state index in [0.717, 1.165) is 12.1 Å². The van der Waals surface area contributed by atoms with Crippen LogP contribution in [0.5, 0.6) is 5.75 Å². The second-order valence-electron chi connectivity index (χ2n) is 6.60. The van der Waals surface area contributed by atoms with Crippen LogP contribution in [0.4, 0.5) is 18.0 Å². The maximum Gasteiger partial charge on any atom is 0.416 e. The zero-order valence-electron chi connectivity index (χ0n) is 14.9. The summed E-state index contributed by atoms with van der Waals surface area (Å²) in [5.41, 5.74) is 5.56. The third kappa shape index (κ3) is 4.44. The highest BCUT2D eigenvalue weighted by molar-refractivity contribution is 5.79. The van der Waals surface area contributed by atoms with Crippen LogP contribution in [0.3, 0.4) is 0 Å². The van der Waals surface area contributed by atoms with Crippen LogP contribution < -0.4 is 10.5 Å². The molecule has 2 aromatic rings. The summed E-state index contributed by atoms with van der Waals surface area (Å²) in [6, 6.07) is 11.3. The molecule has 1 heterocycles. The van der Waals surface area contributed by atoms with E-state index in [9.17, 15) is 22.8 Å². The minimum absolute atomic E-state index is 0.247. The maximum atomic E-state index is 12.8. The number of piperidine rings is 1. The van der Waals surface area contributed by atoms with Gasteiger partial charge in [0.15, 0.2) is 0 Å². The van der Waals surface area contributed by atoms with Gasteiger partial charge in [0.05, 0.1) is 5.56 Å². The number of benzene rings is 2. The molecule has 1 saturated heterocycles. The minimum atomic E-state index is -4.42. The summed E-state index contributed by atoms with van der Waals surface area (Å²) in [4.78, 5) is 25.2. The topological polar surface area (TPSA) is 72.6 Å². The Morgan fingerprint density at radius 1 is 1.00 bits per heavy atom. The molecule has 2 amide bonds. The first-order valence-corrected chi connectivity index (χ1v) is 8.78. The number of amides is 2. The summed E-state index contributed by atoms with van der Waals surface area (Å²) in [7, 11) is 0. The molecule has 0 aliphatic carbocycles. The van der Waals surface area contributed by atoms with Gasteiger partial charge in [-0.3, -0.25) is 4.79 Å². The fraction of sp³-hybridized carbons (Fsp3) is 0.300. The smallest absolute Gasteiger partial charge is 0.410 e. The van der Waals surface area contributed by atoms with Gasteiger partial charge in [-0.25, -0.2) is 4.79 Å². The Balaban J connectivity index is 1.74. The lowest BCUT2D eigenvalue weighted by molar-refractivity contribution is -0.137. The number of likely N-dealkylation sites (tertiary alicyclic amines) is 1. The van der Waals surface area contributed by atoms with Crippen molar-refractivity contribution in [1.29, 1.82) is 0 Å². The molecule has 1 aliphatic rings. The third-order valence-corrected chi connectivity index (χ3v) is 4.76. The van der Waals surface area contributed by atoms with Crippen LogP contribution in [0.2, 0.25) is 0 Å². The van der Waals surface area contributed by atoms with Crippen molar-refractivity contribution in [2.45, 2.75) is 19.0 Å². The molecule has 1 aliphatic heterocycles. The second kappa shape index (κ2) is 7.92. The number of carbonyl (C=O) groups excluding carboxylic acids is 2. The quantitative estimate of drug-likeness (QED) is 0.856. The zero-order chi connectivity index (χ0) is 20.3. The largest absolute Gasteiger partial charge is 0.416 e. The average molecular weight is 392 g/mol. The predicted molar refractivity (Wildman–Crippen MR) is 96.4 cm³/mol. The van der Waals surface area contributed by atoms with E-state index in [1.807, 2.05) is 0 Å². The highest BCUT2D eigenvalue weighted by Crippen LogP contribution is 2.34. The molecule has 8 heteroatoms. The van der Waals surface area contributed by atoms with Gasteiger partial charge in [-0.05, 0) is 36.6 Å². The molecule has 0 saturated carbocycles. The van der Waals surface area contributed by atoms with Gasteiger partial charge < -0.3 is 15.4 Å². The van der Waals surface area contributed by atoms with Gasteiger partial charge in [-0.1, -0.05) is 30.3 Å². The highest BCUT2D eigenvalue weighted by Gasteiger charge is 2.30. The fourth-order valence-electron chi connectivity index (χ4n) is 3.14. The number of hydrogen-bond donors (Lipinski definition) is 1. The molecule has 0 spiro atoms. The Morgan fingerprint density at radius 3 is 2.18 bits per heavy atom. The number of rotatable bonds is 3. The van der Waals surface area contributed by atoms with Crippen molar-refractivity contribution < 1.29 is 27.5 Å². The molecule has 0 bridgehead atoms. The van der Waals surface area contributed by atoms with Gasteiger partial charge in [0.25, 0.3) is 0 Å². The Morgan fingerprint density at radius 2 is 1.61 bits per heavy atom. The summed E-state index contributed by atoms with van der Waals surface area (Å²) in [6.07, 6.45) is -4.03. The van der Waals surface area contributed by atoms with E-state index in [2.05, 4.69) is 0 Å². The van der Waals surface area contributed by atoms with E-state index >= 15 is 0 Å². The minimum Gasteiger partial charge on any atom is -0.410 e. The molecule has 1 fully saturated rings. The predicted octanol–water partition coefficient (Wildman–Crippen LogP) is 4.07. The van der Waals surface area contributed by atoms with Crippen LogP contribution in [0, 0.1) is 5.92 Å². The molecule has 2 aromatic carbocycles. The van der Waals surface area contributed by atoms with Crippen LogP contribution in [0.25, 0.3) is 11.1 Å². The number of ether oxygens (including phenoxy) is 1. The molecule has 0 radical (unpaired) electrons. The first-order chi connectivity index (χ1) is 13.3. The summed E-state index contributed by atoms with van der Waals surface area (Å²) in [5.74, 6) is -0.367. The number of nitrogens with two attached hydrogens (primary N) is 1. The number of carbonyl (C=O) groups is 2. The number of hydrogen-bond acceptors (Lipinski definition) is 3. The van der Waals surface area contributed by atoms with E-state index in [1.54, 1.807) is 24.3 Å². The molecule has 3 rings (SSSR count). The van der Waals surface area contributed by atoms with Crippen molar-refractivity contribution in [3.8, 4) is 16.9 Å². The van der Waals surface area contributed by atoms with Crippen LogP contribution >= 0.6 is 0 Å². The van der Waals surface area contributed by atoms with E-state index < -0.39 is 17.8 Å². The zero-order valence-corrected chi connectivity index (χ0v) is 14.9. The number of primary amides is 1. The molecule has 0 atom stereocenters. The number of para-hydroxylation sites is 1. The van der Waals surface area contributed by atoms with E-state index in [-0.39, 0.29) is 17.6 Å². The van der Waals surface area contributed by atoms with Gasteiger partial charge in [-0.15, -0.1) is 0 Å². The molecule has 0 aromatic heterocycles. The lowest BCUT2D eigenvalue weighted by Crippen LogP contribution is -2.43. The van der Waals surface area contributed by atoms with Crippen LogP contribution in [-0.4, -0.2) is 30.0 Å². The molecule has 0 unspecified atom stereocenters. The van der Waals surface area contributed by atoms with Crippen molar-refractivity contribution in [3.05, 3.63) is 54.1 Å². The molecule has 28 heavy (non-hydrogen) atoms. The first-order valence-electron chi connectivity index (χ1n) is 8.78. The molecule has 2 N–H and O–H groups in total. The van der Waals surface area contributed by atoms with Crippen molar-refractivity contribution >= 4 is 12.0 Å².